The third-order valence-electron chi connectivity index (χ3n) is 2.35. The van der Waals surface area contributed by atoms with E-state index >= 15 is 0 Å². The van der Waals surface area contributed by atoms with E-state index in [1.54, 1.807) is 6.08 Å². The van der Waals surface area contributed by atoms with Crippen LogP contribution in [0, 0.1) is 0 Å². The van der Waals surface area contributed by atoms with Crippen LogP contribution in [0.3, 0.4) is 0 Å². The molecule has 19 heavy (non-hydrogen) atoms. The molecule has 0 saturated heterocycles. The molecule has 0 N–H and O–H groups in total. The molecular formula is C13H13Cl3O3. The fourth-order valence-corrected chi connectivity index (χ4v) is 2.32. The Balaban J connectivity index is 2.77. The molecule has 0 aliphatic carbocycles. The predicted octanol–water partition coefficient (Wildman–Crippen LogP) is 4.54. The highest BCUT2D eigenvalue weighted by atomic mass is 35.5. The highest BCUT2D eigenvalue weighted by molar-refractivity contribution is 6.40. The van der Waals surface area contributed by atoms with E-state index in [2.05, 4.69) is 4.74 Å². The number of hydrogen-bond donors (Lipinski definition) is 0. The van der Waals surface area contributed by atoms with Gasteiger partial charge in [-0.05, 0) is 24.6 Å². The monoisotopic (exact) mass is 322 g/mol. The van der Waals surface area contributed by atoms with Crippen LogP contribution in [0.2, 0.25) is 15.1 Å². The first kappa shape index (κ1) is 16.2. The highest BCUT2D eigenvalue weighted by Crippen LogP contribution is 2.35. The molecule has 0 atom stereocenters. The minimum Gasteiger partial charge on any atom is -0.486 e. The van der Waals surface area contributed by atoms with Gasteiger partial charge >= 0.3 is 5.97 Å². The maximum Gasteiger partial charge on any atom is 0.333 e. The highest BCUT2D eigenvalue weighted by Gasteiger charge is 2.10. The molecule has 0 heterocycles. The summed E-state index contributed by atoms with van der Waals surface area (Å²) in [5.41, 5.74) is 0.531. The van der Waals surface area contributed by atoms with Gasteiger partial charge in [0.15, 0.2) is 5.75 Å². The van der Waals surface area contributed by atoms with E-state index in [1.807, 2.05) is 6.92 Å². The van der Waals surface area contributed by atoms with Crippen molar-refractivity contribution in [1.29, 1.82) is 0 Å². The van der Waals surface area contributed by atoms with Crippen molar-refractivity contribution < 1.29 is 14.3 Å². The van der Waals surface area contributed by atoms with Crippen LogP contribution in [0.1, 0.15) is 13.3 Å². The third-order valence-corrected chi connectivity index (χ3v) is 3.13. The average Bonchev–Trinajstić information content (AvgIpc) is 2.36. The van der Waals surface area contributed by atoms with Gasteiger partial charge in [0.1, 0.15) is 6.61 Å². The molecule has 0 aliphatic rings. The summed E-state index contributed by atoms with van der Waals surface area (Å²) in [4.78, 5) is 11.3. The van der Waals surface area contributed by atoms with E-state index < -0.39 is 0 Å². The molecule has 0 amide bonds. The number of carbonyl (C=O) groups is 1. The molecule has 1 rings (SSSR count). The SMILES string of the molecule is CCC(=CCOc1c(Cl)cc(Cl)cc1Cl)C(=O)OC. The maximum absolute atomic E-state index is 11.3. The molecule has 104 valence electrons. The van der Waals surface area contributed by atoms with Crippen LogP contribution in [0.25, 0.3) is 0 Å². The van der Waals surface area contributed by atoms with Crippen molar-refractivity contribution >= 4 is 40.8 Å². The summed E-state index contributed by atoms with van der Waals surface area (Å²) >= 11 is 17.7. The predicted molar refractivity (Wildman–Crippen MR) is 77.4 cm³/mol. The van der Waals surface area contributed by atoms with Gasteiger partial charge in [-0.2, -0.15) is 0 Å². The molecule has 6 heteroatoms. The summed E-state index contributed by atoms with van der Waals surface area (Å²) in [5, 5.41) is 1.07. The van der Waals surface area contributed by atoms with Crippen molar-refractivity contribution in [2.45, 2.75) is 13.3 Å². The zero-order valence-electron chi connectivity index (χ0n) is 10.5. The Morgan fingerprint density at radius 1 is 1.26 bits per heavy atom. The molecule has 1 aromatic rings. The molecule has 0 saturated carbocycles. The standard InChI is InChI=1S/C13H13Cl3O3/c1-3-8(13(17)18-2)4-5-19-12-10(15)6-9(14)7-11(12)16/h4,6-7H,3,5H2,1-2H3. The van der Waals surface area contributed by atoms with Gasteiger partial charge in [-0.15, -0.1) is 0 Å². The van der Waals surface area contributed by atoms with Crippen molar-refractivity contribution in [2.75, 3.05) is 13.7 Å². The lowest BCUT2D eigenvalue weighted by Crippen LogP contribution is -2.06. The van der Waals surface area contributed by atoms with Gasteiger partial charge in [0.25, 0.3) is 0 Å². The molecule has 0 spiro atoms. The Kier molecular flexibility index (Phi) is 6.49. The quantitative estimate of drug-likeness (QED) is 0.589. The summed E-state index contributed by atoms with van der Waals surface area (Å²) in [6, 6.07) is 3.07. The van der Waals surface area contributed by atoms with Crippen molar-refractivity contribution in [2.24, 2.45) is 0 Å². The van der Waals surface area contributed by atoms with Gasteiger partial charge in [-0.3, -0.25) is 0 Å². The topological polar surface area (TPSA) is 35.5 Å². The number of methoxy groups -OCH3 is 1. The summed E-state index contributed by atoms with van der Waals surface area (Å²) in [6.07, 6.45) is 2.19. The van der Waals surface area contributed by atoms with Crippen LogP contribution in [0.15, 0.2) is 23.8 Å². The van der Waals surface area contributed by atoms with Crippen molar-refractivity contribution in [1.82, 2.24) is 0 Å². The van der Waals surface area contributed by atoms with E-state index in [0.29, 0.717) is 32.8 Å². The van der Waals surface area contributed by atoms with Gasteiger partial charge in [0.2, 0.25) is 0 Å². The summed E-state index contributed by atoms with van der Waals surface area (Å²) in [6.45, 7) is 2.02. The van der Waals surface area contributed by atoms with Crippen LogP contribution in [0.4, 0.5) is 0 Å². The second kappa shape index (κ2) is 7.63. The number of benzene rings is 1. The molecule has 0 unspecified atom stereocenters. The molecule has 3 nitrogen and oxygen atoms in total. The van der Waals surface area contributed by atoms with Gasteiger partial charge < -0.3 is 9.47 Å². The third kappa shape index (κ3) is 4.60. The summed E-state index contributed by atoms with van der Waals surface area (Å²) in [7, 11) is 1.33. The lowest BCUT2D eigenvalue weighted by atomic mass is 10.2. The number of ether oxygens (including phenoxy) is 2. The first-order chi connectivity index (χ1) is 8.99. The van der Waals surface area contributed by atoms with Gasteiger partial charge in [0, 0.05) is 10.6 Å². The minimum atomic E-state index is -0.376. The summed E-state index contributed by atoms with van der Waals surface area (Å²) < 4.78 is 10.1. The Hall–Kier alpha value is -0.900. The van der Waals surface area contributed by atoms with Gasteiger partial charge in [-0.1, -0.05) is 41.7 Å². The number of esters is 1. The van der Waals surface area contributed by atoms with E-state index in [1.165, 1.54) is 19.2 Å². The Morgan fingerprint density at radius 2 is 1.84 bits per heavy atom. The lowest BCUT2D eigenvalue weighted by Gasteiger charge is -2.09. The number of halogens is 3. The fraction of sp³-hybridized carbons (Fsp3) is 0.308. The average molecular weight is 324 g/mol. The van der Waals surface area contributed by atoms with Crippen molar-refractivity contribution in [3.8, 4) is 5.75 Å². The molecule has 0 aromatic heterocycles. The number of hydrogen-bond acceptors (Lipinski definition) is 3. The van der Waals surface area contributed by atoms with Crippen molar-refractivity contribution in [3.63, 3.8) is 0 Å². The van der Waals surface area contributed by atoms with Crippen LogP contribution < -0.4 is 4.74 Å². The smallest absolute Gasteiger partial charge is 0.333 e. The molecule has 0 bridgehead atoms. The first-order valence-corrected chi connectivity index (χ1v) is 6.67. The van der Waals surface area contributed by atoms with Crippen LogP contribution >= 0.6 is 34.8 Å². The second-order valence-corrected chi connectivity index (χ2v) is 4.83. The number of rotatable bonds is 5. The second-order valence-electron chi connectivity index (χ2n) is 3.58. The largest absolute Gasteiger partial charge is 0.486 e. The molecule has 0 radical (unpaired) electrons. The van der Waals surface area contributed by atoms with Crippen LogP contribution in [0.5, 0.6) is 5.75 Å². The van der Waals surface area contributed by atoms with Crippen LogP contribution in [-0.2, 0) is 9.53 Å². The van der Waals surface area contributed by atoms with Crippen LogP contribution in [-0.4, -0.2) is 19.7 Å². The van der Waals surface area contributed by atoms with Gasteiger partial charge in [0.05, 0.1) is 17.2 Å². The summed E-state index contributed by atoms with van der Waals surface area (Å²) in [5.74, 6) is -0.0382. The van der Waals surface area contributed by atoms with E-state index in [-0.39, 0.29) is 12.6 Å². The molecule has 0 aliphatic heterocycles. The first-order valence-electron chi connectivity index (χ1n) is 5.54. The fourth-order valence-electron chi connectivity index (χ4n) is 1.40. The zero-order valence-corrected chi connectivity index (χ0v) is 12.8. The Bertz CT molecular complexity index is 475. The zero-order chi connectivity index (χ0) is 14.4. The Labute approximate surface area is 127 Å². The van der Waals surface area contributed by atoms with Crippen molar-refractivity contribution in [3.05, 3.63) is 38.8 Å². The number of carbonyl (C=O) groups excluding carboxylic acids is 1. The van der Waals surface area contributed by atoms with E-state index in [9.17, 15) is 4.79 Å². The van der Waals surface area contributed by atoms with Gasteiger partial charge in [-0.25, -0.2) is 4.79 Å². The van der Waals surface area contributed by atoms with E-state index in [0.717, 1.165) is 0 Å². The molecule has 1 aromatic carbocycles. The molecule has 0 fully saturated rings. The lowest BCUT2D eigenvalue weighted by molar-refractivity contribution is -0.136. The normalized spacial score (nSPS) is 11.3. The minimum absolute atomic E-state index is 0.166. The van der Waals surface area contributed by atoms with E-state index in [4.69, 9.17) is 39.5 Å². The molecular weight excluding hydrogens is 310 g/mol. The maximum atomic E-state index is 11.3. The Morgan fingerprint density at radius 3 is 2.32 bits per heavy atom.